The van der Waals surface area contributed by atoms with Gasteiger partial charge in [-0.25, -0.2) is 4.79 Å². The van der Waals surface area contributed by atoms with Crippen LogP contribution in [-0.4, -0.2) is 87.8 Å². The summed E-state index contributed by atoms with van der Waals surface area (Å²) in [6.45, 7) is 1.62. The van der Waals surface area contributed by atoms with Gasteiger partial charge in [0, 0.05) is 35.8 Å². The number of aliphatic hydroxyl groups excluding tert-OH is 1. The fraction of sp³-hybridized carbons (Fsp3) is 0.500. The molecule has 3 aromatic rings. The van der Waals surface area contributed by atoms with E-state index in [4.69, 9.17) is 28.4 Å². The molecule has 3 heterocycles. The van der Waals surface area contributed by atoms with Gasteiger partial charge in [0.15, 0.2) is 11.5 Å². The second-order valence-corrected chi connectivity index (χ2v) is 11.5. The standard InChI is InChI=1S/C32H38N2O9/c1-38-18-6-7-19-20-8-9-34-15-17-10-24(35)29(43-31(36)16-11-25(39-2)30(41-4)26(12-16)40-3)27(32(37)42-5)21(17)14-23(34)28(20)33-22(19)13-18/h6-7,11-13,17,21,23-24,27,29,33,35H,8-10,14-15H2,1-5H3. The molecule has 11 heteroatoms. The van der Waals surface area contributed by atoms with Crippen LogP contribution in [0.15, 0.2) is 30.3 Å². The molecule has 230 valence electrons. The Kier molecular flexibility index (Phi) is 7.87. The summed E-state index contributed by atoms with van der Waals surface area (Å²) in [7, 11) is 7.37. The monoisotopic (exact) mass is 594 g/mol. The van der Waals surface area contributed by atoms with E-state index in [9.17, 15) is 14.7 Å². The van der Waals surface area contributed by atoms with Gasteiger partial charge < -0.3 is 38.5 Å². The predicted molar refractivity (Wildman–Crippen MR) is 156 cm³/mol. The molecule has 43 heavy (non-hydrogen) atoms. The molecule has 1 saturated heterocycles. The van der Waals surface area contributed by atoms with Crippen LogP contribution in [0.1, 0.15) is 40.5 Å². The van der Waals surface area contributed by atoms with E-state index in [1.165, 1.54) is 51.5 Å². The molecule has 2 N–H and O–H groups in total. The maximum absolute atomic E-state index is 13.5. The minimum Gasteiger partial charge on any atom is -0.497 e. The fourth-order valence-electron chi connectivity index (χ4n) is 7.51. The third kappa shape index (κ3) is 4.94. The molecular formula is C32H38N2O9. The lowest BCUT2D eigenvalue weighted by Crippen LogP contribution is -2.58. The second kappa shape index (κ2) is 11.6. The lowest BCUT2D eigenvalue weighted by Gasteiger charge is -2.52. The number of hydrogen-bond acceptors (Lipinski definition) is 10. The molecule has 1 aromatic heterocycles. The van der Waals surface area contributed by atoms with Crippen molar-refractivity contribution in [2.75, 3.05) is 48.6 Å². The number of ether oxygens (including phenoxy) is 6. The van der Waals surface area contributed by atoms with E-state index in [1.54, 1.807) is 7.11 Å². The summed E-state index contributed by atoms with van der Waals surface area (Å²) in [5.74, 6) is -0.460. The molecular weight excluding hydrogens is 556 g/mol. The number of piperidine rings is 1. The summed E-state index contributed by atoms with van der Waals surface area (Å²) in [6.07, 6.45) is -0.138. The Morgan fingerprint density at radius 3 is 2.35 bits per heavy atom. The number of aromatic amines is 1. The molecule has 2 fully saturated rings. The topological polar surface area (TPSA) is 129 Å². The molecule has 0 bridgehead atoms. The highest BCUT2D eigenvalue weighted by atomic mass is 16.6. The van der Waals surface area contributed by atoms with Crippen molar-refractivity contribution >= 4 is 22.8 Å². The first-order valence-electron chi connectivity index (χ1n) is 14.5. The van der Waals surface area contributed by atoms with Crippen molar-refractivity contribution in [3.8, 4) is 23.0 Å². The van der Waals surface area contributed by atoms with E-state index < -0.39 is 30.1 Å². The number of H-pyrrole nitrogens is 1. The van der Waals surface area contributed by atoms with Crippen molar-refractivity contribution in [1.82, 2.24) is 9.88 Å². The number of rotatable bonds is 7. The van der Waals surface area contributed by atoms with Gasteiger partial charge in [0.05, 0.1) is 59.2 Å². The Balaban J connectivity index is 1.31. The maximum atomic E-state index is 13.5. The number of esters is 2. The summed E-state index contributed by atoms with van der Waals surface area (Å²) in [6, 6.07) is 9.11. The van der Waals surface area contributed by atoms with E-state index in [0.29, 0.717) is 30.1 Å². The number of hydrogen-bond donors (Lipinski definition) is 2. The molecule has 0 radical (unpaired) electrons. The third-order valence-corrected chi connectivity index (χ3v) is 9.49. The number of nitrogens with zero attached hydrogens (tertiary/aromatic N) is 1. The maximum Gasteiger partial charge on any atom is 0.338 e. The van der Waals surface area contributed by atoms with Crippen molar-refractivity contribution in [3.63, 3.8) is 0 Å². The Hall–Kier alpha value is -3.96. The lowest BCUT2D eigenvalue weighted by molar-refractivity contribution is -0.172. The number of carbonyl (C=O) groups excluding carboxylic acids is 2. The molecule has 6 unspecified atom stereocenters. The van der Waals surface area contributed by atoms with Crippen LogP contribution in [0.4, 0.5) is 0 Å². The van der Waals surface area contributed by atoms with Crippen LogP contribution in [-0.2, 0) is 20.7 Å². The molecule has 11 nitrogen and oxygen atoms in total. The lowest BCUT2D eigenvalue weighted by atomic mass is 9.64. The third-order valence-electron chi connectivity index (χ3n) is 9.49. The zero-order chi connectivity index (χ0) is 30.4. The normalized spacial score (nSPS) is 26.5. The smallest absolute Gasteiger partial charge is 0.338 e. The van der Waals surface area contributed by atoms with Crippen molar-refractivity contribution in [2.45, 2.75) is 37.5 Å². The van der Waals surface area contributed by atoms with Crippen molar-refractivity contribution in [2.24, 2.45) is 17.8 Å². The summed E-state index contributed by atoms with van der Waals surface area (Å²) >= 11 is 0. The van der Waals surface area contributed by atoms with E-state index in [0.717, 1.165) is 36.5 Å². The average Bonchev–Trinajstić information content (AvgIpc) is 3.41. The molecule has 0 amide bonds. The molecule has 6 atom stereocenters. The SMILES string of the molecule is COC(=O)C1C2CC3c4[nH]c5cc(OC)ccc5c4CCN3CC2CC(O)C1OC(=O)c1cc(OC)c(OC)c(OC)c1. The van der Waals surface area contributed by atoms with Gasteiger partial charge in [-0.2, -0.15) is 0 Å². The van der Waals surface area contributed by atoms with Gasteiger partial charge in [-0.3, -0.25) is 9.69 Å². The Labute approximate surface area is 249 Å². The van der Waals surface area contributed by atoms with E-state index in [1.807, 2.05) is 12.1 Å². The first-order chi connectivity index (χ1) is 20.8. The molecule has 2 aromatic carbocycles. The first-order valence-corrected chi connectivity index (χ1v) is 14.5. The van der Waals surface area contributed by atoms with Gasteiger partial charge in [-0.15, -0.1) is 0 Å². The quantitative estimate of drug-likeness (QED) is 0.392. The van der Waals surface area contributed by atoms with Crippen LogP contribution in [0, 0.1) is 17.8 Å². The molecule has 0 spiro atoms. The van der Waals surface area contributed by atoms with Crippen LogP contribution in [0.25, 0.3) is 10.9 Å². The second-order valence-electron chi connectivity index (χ2n) is 11.5. The molecule has 6 rings (SSSR count). The molecule has 1 aliphatic carbocycles. The number of methoxy groups -OCH3 is 5. The summed E-state index contributed by atoms with van der Waals surface area (Å²) in [5.41, 5.74) is 3.60. The number of fused-ring (bicyclic) bond motifs is 6. The van der Waals surface area contributed by atoms with Gasteiger partial charge in [0.25, 0.3) is 0 Å². The Morgan fingerprint density at radius 2 is 1.70 bits per heavy atom. The highest BCUT2D eigenvalue weighted by Gasteiger charge is 2.54. The van der Waals surface area contributed by atoms with Gasteiger partial charge in [-0.1, -0.05) is 0 Å². The van der Waals surface area contributed by atoms with E-state index >= 15 is 0 Å². The van der Waals surface area contributed by atoms with Gasteiger partial charge in [0.2, 0.25) is 5.75 Å². The first kappa shape index (κ1) is 29.1. The van der Waals surface area contributed by atoms with Crippen molar-refractivity contribution in [3.05, 3.63) is 47.2 Å². The molecule has 3 aliphatic rings. The summed E-state index contributed by atoms with van der Waals surface area (Å²) < 4.78 is 32.8. The van der Waals surface area contributed by atoms with Crippen molar-refractivity contribution in [1.29, 1.82) is 0 Å². The molecule has 2 aliphatic heterocycles. The molecule has 1 saturated carbocycles. The zero-order valence-electron chi connectivity index (χ0n) is 25.0. The van der Waals surface area contributed by atoms with Crippen molar-refractivity contribution < 1.29 is 43.1 Å². The number of carbonyl (C=O) groups is 2. The highest BCUT2D eigenvalue weighted by Crippen LogP contribution is 2.50. The fourth-order valence-corrected chi connectivity index (χ4v) is 7.51. The minimum atomic E-state index is -1.08. The Morgan fingerprint density at radius 1 is 0.953 bits per heavy atom. The van der Waals surface area contributed by atoms with Crippen LogP contribution in [0.2, 0.25) is 0 Å². The number of aromatic nitrogens is 1. The van der Waals surface area contributed by atoms with E-state index in [2.05, 4.69) is 16.0 Å². The zero-order valence-corrected chi connectivity index (χ0v) is 25.0. The predicted octanol–water partition coefficient (Wildman–Crippen LogP) is 3.52. The minimum absolute atomic E-state index is 0.0394. The van der Waals surface area contributed by atoms with E-state index in [-0.39, 0.29) is 23.4 Å². The average molecular weight is 595 g/mol. The number of benzene rings is 2. The largest absolute Gasteiger partial charge is 0.497 e. The number of nitrogens with one attached hydrogen (secondary N) is 1. The van der Waals surface area contributed by atoms with Crippen LogP contribution in [0.5, 0.6) is 23.0 Å². The Bertz CT molecular complexity index is 1510. The van der Waals surface area contributed by atoms with Crippen LogP contribution >= 0.6 is 0 Å². The van der Waals surface area contributed by atoms with Gasteiger partial charge in [0.1, 0.15) is 11.9 Å². The van der Waals surface area contributed by atoms with Crippen LogP contribution < -0.4 is 18.9 Å². The van der Waals surface area contributed by atoms with Gasteiger partial charge >= 0.3 is 11.9 Å². The summed E-state index contributed by atoms with van der Waals surface area (Å²) in [4.78, 5) is 33.0. The van der Waals surface area contributed by atoms with Gasteiger partial charge in [-0.05, 0) is 60.9 Å². The van der Waals surface area contributed by atoms with Crippen LogP contribution in [0.3, 0.4) is 0 Å². The highest BCUT2D eigenvalue weighted by molar-refractivity contribution is 5.92. The summed E-state index contributed by atoms with van der Waals surface area (Å²) in [5, 5.41) is 12.5. The number of aliphatic hydroxyl groups is 1.